The molecule has 0 aromatic heterocycles. The Morgan fingerprint density at radius 2 is 0.649 bits per heavy atom. The lowest BCUT2D eigenvalue weighted by molar-refractivity contribution is 1.25. The van der Waals surface area contributed by atoms with Crippen molar-refractivity contribution < 1.29 is 0 Å². The summed E-state index contributed by atoms with van der Waals surface area (Å²) in [4.78, 5) is 5.08. The van der Waals surface area contributed by atoms with Crippen molar-refractivity contribution in [3.63, 3.8) is 0 Å². The zero-order valence-electron chi connectivity index (χ0n) is 31.3. The van der Waals surface area contributed by atoms with Crippen LogP contribution in [0.4, 0.5) is 34.1 Å². The van der Waals surface area contributed by atoms with Crippen LogP contribution in [-0.2, 0) is 0 Å². The van der Waals surface area contributed by atoms with Crippen LogP contribution in [0.1, 0.15) is 0 Å². The summed E-state index contributed by atoms with van der Waals surface area (Å²) in [6.45, 7) is -0.0560. The second kappa shape index (κ2) is 13.7. The van der Waals surface area contributed by atoms with Crippen LogP contribution < -0.4 is 26.2 Å². The molecule has 9 aromatic carbocycles. The molecule has 0 atom stereocenters. The van der Waals surface area contributed by atoms with E-state index in [0.29, 0.717) is 0 Å². The standard InChI is InChI=1S/C54H37BN2/c1-7-21-38(22-8-1)44-36-49-51(37-45(44)39-23-9-2-10-24-39)57(43-31-17-6-18-32-43)54-47(41-27-13-4-14-28-41)35-46(40-25-11-3-12-26-40)53-52(54)55(49)48-33-19-20-34-50(48)56(53)42-29-15-5-16-30-42/h1-37H. The smallest absolute Gasteiger partial charge is 0.252 e. The first-order valence-electron chi connectivity index (χ1n) is 19.7. The SMILES string of the molecule is c1ccc(-c2cc3c(cc2-c2ccccc2)N(c2ccccc2)c2c(-c4ccccc4)cc(-c4ccccc4)c4c2B3c2ccccc2N4c2ccccc2)cc1. The van der Waals surface area contributed by atoms with Gasteiger partial charge in [0, 0.05) is 33.9 Å². The molecular weight excluding hydrogens is 687 g/mol. The van der Waals surface area contributed by atoms with E-state index in [9.17, 15) is 0 Å². The van der Waals surface area contributed by atoms with E-state index in [0.717, 1.165) is 11.4 Å². The third-order valence-electron chi connectivity index (χ3n) is 11.6. The van der Waals surface area contributed by atoms with Crippen molar-refractivity contribution in [2.75, 3.05) is 9.80 Å². The summed E-state index contributed by atoms with van der Waals surface area (Å²) in [7, 11) is 0. The van der Waals surface area contributed by atoms with Crippen molar-refractivity contribution in [3.05, 3.63) is 224 Å². The Morgan fingerprint density at radius 3 is 1.12 bits per heavy atom. The number of para-hydroxylation sites is 3. The number of anilines is 6. The molecule has 3 heteroatoms. The van der Waals surface area contributed by atoms with E-state index >= 15 is 0 Å². The van der Waals surface area contributed by atoms with Crippen LogP contribution >= 0.6 is 0 Å². The molecule has 0 amide bonds. The first-order valence-corrected chi connectivity index (χ1v) is 19.7. The lowest BCUT2D eigenvalue weighted by Gasteiger charge is -2.46. The number of hydrogen-bond donors (Lipinski definition) is 0. The summed E-state index contributed by atoms with van der Waals surface area (Å²) in [6, 6.07) is 82.1. The molecule has 0 saturated heterocycles. The number of rotatable bonds is 6. The van der Waals surface area contributed by atoms with Crippen molar-refractivity contribution in [2.45, 2.75) is 0 Å². The van der Waals surface area contributed by atoms with Gasteiger partial charge in [-0.25, -0.2) is 0 Å². The number of hydrogen-bond acceptors (Lipinski definition) is 2. The van der Waals surface area contributed by atoms with Gasteiger partial charge in [0.1, 0.15) is 0 Å². The maximum absolute atomic E-state index is 2.56. The van der Waals surface area contributed by atoms with Gasteiger partial charge in [-0.15, -0.1) is 0 Å². The highest BCUT2D eigenvalue weighted by Gasteiger charge is 2.46. The van der Waals surface area contributed by atoms with Gasteiger partial charge >= 0.3 is 0 Å². The van der Waals surface area contributed by atoms with Crippen LogP contribution in [-0.4, -0.2) is 6.71 Å². The van der Waals surface area contributed by atoms with E-state index < -0.39 is 0 Å². The predicted octanol–water partition coefficient (Wildman–Crippen LogP) is 12.4. The largest absolute Gasteiger partial charge is 0.311 e. The van der Waals surface area contributed by atoms with Crippen molar-refractivity contribution in [1.29, 1.82) is 0 Å². The Kier molecular flexibility index (Phi) is 7.96. The van der Waals surface area contributed by atoms with E-state index in [1.54, 1.807) is 0 Å². The normalized spacial score (nSPS) is 12.5. The number of benzene rings is 9. The van der Waals surface area contributed by atoms with Crippen LogP contribution in [0.2, 0.25) is 0 Å². The van der Waals surface area contributed by atoms with Gasteiger partial charge in [-0.1, -0.05) is 182 Å². The molecule has 266 valence electrons. The van der Waals surface area contributed by atoms with Gasteiger partial charge in [-0.2, -0.15) is 0 Å². The minimum absolute atomic E-state index is 0.0560. The van der Waals surface area contributed by atoms with E-state index in [4.69, 9.17) is 0 Å². The molecule has 0 fully saturated rings. The van der Waals surface area contributed by atoms with Gasteiger partial charge in [0.05, 0.1) is 11.4 Å². The molecule has 0 bridgehead atoms. The minimum atomic E-state index is -0.0560. The first kappa shape index (κ1) is 33.0. The Bertz CT molecular complexity index is 2880. The van der Waals surface area contributed by atoms with Gasteiger partial charge in [-0.3, -0.25) is 0 Å². The van der Waals surface area contributed by atoms with E-state index in [-0.39, 0.29) is 6.71 Å². The first-order chi connectivity index (χ1) is 28.3. The Labute approximate surface area is 334 Å². The van der Waals surface area contributed by atoms with E-state index in [1.807, 2.05) is 0 Å². The van der Waals surface area contributed by atoms with Crippen molar-refractivity contribution in [1.82, 2.24) is 0 Å². The van der Waals surface area contributed by atoms with Gasteiger partial charge in [0.25, 0.3) is 6.71 Å². The highest BCUT2D eigenvalue weighted by molar-refractivity contribution is 7.00. The topological polar surface area (TPSA) is 6.48 Å². The van der Waals surface area contributed by atoms with Crippen LogP contribution in [0.5, 0.6) is 0 Å². The molecular formula is C54H37BN2. The van der Waals surface area contributed by atoms with Crippen LogP contribution in [0.15, 0.2) is 224 Å². The minimum Gasteiger partial charge on any atom is -0.311 e. The summed E-state index contributed by atoms with van der Waals surface area (Å²) in [6.07, 6.45) is 0. The highest BCUT2D eigenvalue weighted by Crippen LogP contribution is 2.52. The molecule has 0 saturated carbocycles. The van der Waals surface area contributed by atoms with Crippen LogP contribution in [0.25, 0.3) is 44.5 Å². The fourth-order valence-electron chi connectivity index (χ4n) is 9.20. The third kappa shape index (κ3) is 5.43. The molecule has 2 aliphatic rings. The van der Waals surface area contributed by atoms with E-state index in [2.05, 4.69) is 234 Å². The van der Waals surface area contributed by atoms with Crippen molar-refractivity contribution >= 4 is 57.2 Å². The lowest BCUT2D eigenvalue weighted by atomic mass is 9.33. The Balaban J connectivity index is 1.35. The monoisotopic (exact) mass is 724 g/mol. The highest BCUT2D eigenvalue weighted by atomic mass is 15.2. The van der Waals surface area contributed by atoms with Crippen molar-refractivity contribution in [3.8, 4) is 44.5 Å². The molecule has 0 aliphatic carbocycles. The van der Waals surface area contributed by atoms with Crippen LogP contribution in [0, 0.1) is 0 Å². The van der Waals surface area contributed by atoms with Crippen molar-refractivity contribution in [2.24, 2.45) is 0 Å². The summed E-state index contributed by atoms with van der Waals surface area (Å²) in [5, 5.41) is 0. The molecule has 0 radical (unpaired) electrons. The van der Waals surface area contributed by atoms with Gasteiger partial charge in [-0.05, 0) is 92.2 Å². The fourth-order valence-corrected chi connectivity index (χ4v) is 9.20. The fraction of sp³-hybridized carbons (Fsp3) is 0. The lowest BCUT2D eigenvalue weighted by Crippen LogP contribution is -2.61. The van der Waals surface area contributed by atoms with Gasteiger partial charge in [0.15, 0.2) is 0 Å². The average molecular weight is 725 g/mol. The second-order valence-electron chi connectivity index (χ2n) is 14.8. The van der Waals surface area contributed by atoms with Crippen LogP contribution in [0.3, 0.4) is 0 Å². The molecule has 2 aliphatic heterocycles. The summed E-state index contributed by atoms with van der Waals surface area (Å²) < 4.78 is 0. The summed E-state index contributed by atoms with van der Waals surface area (Å²) >= 11 is 0. The molecule has 2 nitrogen and oxygen atoms in total. The third-order valence-corrected chi connectivity index (χ3v) is 11.6. The molecule has 0 N–H and O–H groups in total. The average Bonchev–Trinajstić information content (AvgIpc) is 3.30. The van der Waals surface area contributed by atoms with E-state index in [1.165, 1.54) is 83.6 Å². The Hall–Kier alpha value is -7.36. The maximum atomic E-state index is 2.56. The molecule has 2 heterocycles. The molecule has 0 unspecified atom stereocenters. The zero-order chi connectivity index (χ0) is 37.7. The number of nitrogens with zero attached hydrogens (tertiary/aromatic N) is 2. The number of fused-ring (bicyclic) bond motifs is 4. The zero-order valence-corrected chi connectivity index (χ0v) is 31.3. The molecule has 0 spiro atoms. The molecule has 9 aromatic rings. The van der Waals surface area contributed by atoms with Gasteiger partial charge in [0.2, 0.25) is 0 Å². The second-order valence-corrected chi connectivity index (χ2v) is 14.8. The molecule has 11 rings (SSSR count). The quantitative estimate of drug-likeness (QED) is 0.158. The molecule has 57 heavy (non-hydrogen) atoms. The predicted molar refractivity (Wildman–Crippen MR) is 242 cm³/mol. The van der Waals surface area contributed by atoms with Gasteiger partial charge < -0.3 is 9.80 Å². The summed E-state index contributed by atoms with van der Waals surface area (Å²) in [5.41, 5.74) is 20.6. The maximum Gasteiger partial charge on any atom is 0.252 e. The Morgan fingerprint density at radius 1 is 0.281 bits per heavy atom. The summed E-state index contributed by atoms with van der Waals surface area (Å²) in [5.74, 6) is 0.